The van der Waals surface area contributed by atoms with E-state index in [9.17, 15) is 14.0 Å². The van der Waals surface area contributed by atoms with Gasteiger partial charge in [-0.1, -0.05) is 0 Å². The number of alkyl halides is 2. The zero-order chi connectivity index (χ0) is 11.6. The van der Waals surface area contributed by atoms with Crippen molar-refractivity contribution < 1.29 is 19.1 Å². The maximum Gasteiger partial charge on any atom is 0.327 e. The van der Waals surface area contributed by atoms with Gasteiger partial charge >= 0.3 is 5.97 Å². The molecular weight excluding hydrogens is 289 g/mol. The molecule has 0 spiro atoms. The molecule has 0 saturated carbocycles. The highest BCUT2D eigenvalue weighted by molar-refractivity contribution is 9.10. The van der Waals surface area contributed by atoms with E-state index in [1.807, 2.05) is 0 Å². The summed E-state index contributed by atoms with van der Waals surface area (Å²) in [6.07, 6.45) is 0. The Morgan fingerprint density at radius 3 is 2.67 bits per heavy atom. The largest absolute Gasteiger partial charge is 0.480 e. The van der Waals surface area contributed by atoms with Crippen LogP contribution in [0.25, 0.3) is 0 Å². The van der Waals surface area contributed by atoms with Crippen LogP contribution in [0.5, 0.6) is 0 Å². The van der Waals surface area contributed by atoms with E-state index < -0.39 is 32.6 Å². The molecule has 7 heteroatoms. The van der Waals surface area contributed by atoms with Gasteiger partial charge in [0, 0.05) is 4.75 Å². The van der Waals surface area contributed by atoms with Crippen LogP contribution in [0, 0.1) is 0 Å². The van der Waals surface area contributed by atoms with E-state index in [2.05, 4.69) is 15.9 Å². The molecule has 0 aliphatic carbocycles. The van der Waals surface area contributed by atoms with Crippen molar-refractivity contribution in [2.24, 2.45) is 0 Å². The van der Waals surface area contributed by atoms with E-state index in [1.54, 1.807) is 13.8 Å². The molecule has 3 atom stereocenters. The van der Waals surface area contributed by atoms with Crippen LogP contribution in [-0.4, -0.2) is 42.6 Å². The minimum atomic E-state index is -2.10. The number of halogens is 2. The van der Waals surface area contributed by atoms with Crippen molar-refractivity contribution in [1.29, 1.82) is 0 Å². The minimum absolute atomic E-state index is 0.673. The standard InChI is InChI=1S/C8H9BrFNO3S/c1-7(2)3(4(12)13)11-5(14)8(9,10)6(11)15-7/h3,6H,1-2H3,(H,12,13)/t3-,6+,8+/m0/s1. The van der Waals surface area contributed by atoms with E-state index in [4.69, 9.17) is 5.11 Å². The maximum atomic E-state index is 13.6. The fraction of sp³-hybridized carbons (Fsp3) is 0.750. The molecule has 0 aromatic carbocycles. The molecule has 2 aliphatic heterocycles. The number of carboxylic acids is 1. The Labute approximate surface area is 98.3 Å². The number of thioether (sulfide) groups is 1. The second kappa shape index (κ2) is 2.88. The van der Waals surface area contributed by atoms with Crippen molar-refractivity contribution in [3.63, 3.8) is 0 Å². The molecule has 0 bridgehead atoms. The number of amides is 1. The van der Waals surface area contributed by atoms with Crippen molar-refractivity contribution in [1.82, 2.24) is 4.90 Å². The van der Waals surface area contributed by atoms with Gasteiger partial charge in [0.05, 0.1) is 0 Å². The highest BCUT2D eigenvalue weighted by Gasteiger charge is 2.71. The van der Waals surface area contributed by atoms with Crippen LogP contribution in [0.15, 0.2) is 0 Å². The molecule has 2 aliphatic rings. The zero-order valence-corrected chi connectivity index (χ0v) is 10.4. The van der Waals surface area contributed by atoms with Gasteiger partial charge in [0.25, 0.3) is 10.5 Å². The smallest absolute Gasteiger partial charge is 0.327 e. The number of carboxylic acid groups (broad SMARTS) is 1. The first kappa shape index (κ1) is 11.2. The average Bonchev–Trinajstić information content (AvgIpc) is 2.35. The van der Waals surface area contributed by atoms with Crippen molar-refractivity contribution in [2.75, 3.05) is 0 Å². The first-order chi connectivity index (χ1) is 6.69. The van der Waals surface area contributed by atoms with Gasteiger partial charge in [0.1, 0.15) is 11.4 Å². The van der Waals surface area contributed by atoms with Gasteiger partial charge in [-0.3, -0.25) is 4.79 Å². The number of hydrogen-bond donors (Lipinski definition) is 1. The summed E-state index contributed by atoms with van der Waals surface area (Å²) >= 11 is 3.86. The molecule has 2 rings (SSSR count). The molecule has 2 fully saturated rings. The maximum absolute atomic E-state index is 13.6. The highest BCUT2D eigenvalue weighted by Crippen LogP contribution is 2.58. The fourth-order valence-electron chi connectivity index (χ4n) is 1.98. The van der Waals surface area contributed by atoms with Gasteiger partial charge in [0.15, 0.2) is 0 Å². The van der Waals surface area contributed by atoms with E-state index in [-0.39, 0.29) is 0 Å². The molecule has 4 nitrogen and oxygen atoms in total. The van der Waals surface area contributed by atoms with Crippen LogP contribution in [0.1, 0.15) is 13.8 Å². The Hall–Kier alpha value is -0.300. The monoisotopic (exact) mass is 297 g/mol. The average molecular weight is 298 g/mol. The molecule has 2 saturated heterocycles. The van der Waals surface area contributed by atoms with Crippen molar-refractivity contribution in [3.05, 3.63) is 0 Å². The Balaban J connectivity index is 2.37. The summed E-state index contributed by atoms with van der Waals surface area (Å²) in [6, 6.07) is -0.957. The topological polar surface area (TPSA) is 57.6 Å². The molecule has 15 heavy (non-hydrogen) atoms. The van der Waals surface area contributed by atoms with Gasteiger partial charge in [-0.2, -0.15) is 0 Å². The van der Waals surface area contributed by atoms with Gasteiger partial charge in [0.2, 0.25) is 0 Å². The first-order valence-electron chi connectivity index (χ1n) is 4.31. The number of fused-ring (bicyclic) bond motifs is 1. The second-order valence-corrected chi connectivity index (χ2v) is 7.04. The molecule has 0 unspecified atom stereocenters. The summed E-state index contributed by atoms with van der Waals surface area (Å²) in [5.41, 5.74) is 0. The Bertz CT molecular complexity index is 360. The predicted octanol–water partition coefficient (Wildman–Crippen LogP) is 1.19. The lowest BCUT2D eigenvalue weighted by atomic mass is 9.98. The quantitative estimate of drug-likeness (QED) is 0.584. The lowest BCUT2D eigenvalue weighted by Gasteiger charge is -2.44. The Morgan fingerprint density at radius 1 is 1.67 bits per heavy atom. The normalized spacial score (nSPS) is 42.4. The van der Waals surface area contributed by atoms with Crippen LogP contribution < -0.4 is 0 Å². The summed E-state index contributed by atoms with van der Waals surface area (Å²) in [4.78, 5) is 23.5. The van der Waals surface area contributed by atoms with Gasteiger partial charge in [-0.25, -0.2) is 9.18 Å². The third-order valence-corrected chi connectivity index (χ3v) is 5.35. The Morgan fingerprint density at radius 2 is 2.20 bits per heavy atom. The summed E-state index contributed by atoms with van der Waals surface area (Å²) in [7, 11) is 0. The summed E-state index contributed by atoms with van der Waals surface area (Å²) < 4.78 is 10.9. The molecule has 0 aromatic heterocycles. The van der Waals surface area contributed by atoms with Crippen LogP contribution in [0.2, 0.25) is 0 Å². The molecule has 84 valence electrons. The third kappa shape index (κ3) is 1.25. The third-order valence-electron chi connectivity index (χ3n) is 2.67. The second-order valence-electron chi connectivity index (χ2n) is 4.15. The number of hydrogen-bond acceptors (Lipinski definition) is 3. The minimum Gasteiger partial charge on any atom is -0.480 e. The molecule has 1 N–H and O–H groups in total. The van der Waals surface area contributed by atoms with Gasteiger partial charge in [-0.05, 0) is 29.8 Å². The van der Waals surface area contributed by atoms with E-state index >= 15 is 0 Å². The molecular formula is C8H9BrFNO3S. The zero-order valence-electron chi connectivity index (χ0n) is 8.03. The fourth-order valence-corrected chi connectivity index (χ4v) is 4.18. The lowest BCUT2D eigenvalue weighted by molar-refractivity contribution is -0.166. The van der Waals surface area contributed by atoms with Crippen molar-refractivity contribution >= 4 is 39.6 Å². The number of β-lactam (4-membered cyclic amide) rings is 1. The summed E-state index contributed by atoms with van der Waals surface area (Å²) in [5, 5.41) is 8.28. The van der Waals surface area contributed by atoms with Crippen LogP contribution in [0.3, 0.4) is 0 Å². The van der Waals surface area contributed by atoms with E-state index in [0.717, 1.165) is 4.90 Å². The van der Waals surface area contributed by atoms with Gasteiger partial charge in [-0.15, -0.1) is 11.8 Å². The number of aliphatic carboxylic acids is 1. The molecule has 2 heterocycles. The lowest BCUT2D eigenvalue weighted by Crippen LogP contribution is -2.68. The van der Waals surface area contributed by atoms with E-state index in [1.165, 1.54) is 11.8 Å². The van der Waals surface area contributed by atoms with Gasteiger partial charge < -0.3 is 10.0 Å². The number of nitrogens with zero attached hydrogens (tertiary/aromatic N) is 1. The van der Waals surface area contributed by atoms with Crippen LogP contribution >= 0.6 is 27.7 Å². The molecule has 0 aromatic rings. The highest BCUT2D eigenvalue weighted by atomic mass is 79.9. The Kier molecular flexibility index (Phi) is 2.15. The van der Waals surface area contributed by atoms with Crippen molar-refractivity contribution in [2.45, 2.75) is 34.6 Å². The van der Waals surface area contributed by atoms with Crippen LogP contribution in [0.4, 0.5) is 4.39 Å². The van der Waals surface area contributed by atoms with Crippen molar-refractivity contribution in [3.8, 4) is 0 Å². The molecule has 0 radical (unpaired) electrons. The number of carbonyl (C=O) groups excluding carboxylic acids is 1. The first-order valence-corrected chi connectivity index (χ1v) is 5.98. The number of carbonyl (C=O) groups is 2. The predicted molar refractivity (Wildman–Crippen MR) is 56.5 cm³/mol. The van der Waals surface area contributed by atoms with E-state index in [0.29, 0.717) is 0 Å². The summed E-state index contributed by atoms with van der Waals surface area (Å²) in [6.45, 7) is 3.40. The van der Waals surface area contributed by atoms with Crippen LogP contribution in [-0.2, 0) is 9.59 Å². The summed E-state index contributed by atoms with van der Waals surface area (Å²) in [5.74, 6) is -1.88. The SMILES string of the molecule is CC1(C)S[C@H]2N(C(=O)[C@]2(F)Br)[C@H]1C(=O)O. The number of rotatable bonds is 1. The molecule has 1 amide bonds.